The second kappa shape index (κ2) is 7.84. The van der Waals surface area contributed by atoms with E-state index in [1.807, 2.05) is 6.07 Å². The molecule has 0 atom stereocenters. The maximum absolute atomic E-state index is 12.1. The van der Waals surface area contributed by atoms with E-state index >= 15 is 0 Å². The summed E-state index contributed by atoms with van der Waals surface area (Å²) < 4.78 is 5.13. The largest absolute Gasteiger partial charge is 0.497 e. The normalized spacial score (nSPS) is 10.6. The van der Waals surface area contributed by atoms with Gasteiger partial charge in [0.2, 0.25) is 0 Å². The minimum atomic E-state index is -0.402. The molecule has 0 unspecified atom stereocenters. The minimum Gasteiger partial charge on any atom is -0.497 e. The Morgan fingerprint density at radius 3 is 2.61 bits per heavy atom. The van der Waals surface area contributed by atoms with Gasteiger partial charge < -0.3 is 9.72 Å². The van der Waals surface area contributed by atoms with Crippen molar-refractivity contribution in [1.29, 1.82) is 5.26 Å². The van der Waals surface area contributed by atoms with Crippen molar-refractivity contribution in [2.75, 3.05) is 12.9 Å². The van der Waals surface area contributed by atoms with Crippen molar-refractivity contribution in [2.24, 2.45) is 5.92 Å². The first kappa shape index (κ1) is 17.1. The van der Waals surface area contributed by atoms with Gasteiger partial charge in [-0.15, -0.1) is 0 Å². The van der Waals surface area contributed by atoms with E-state index in [0.717, 1.165) is 17.7 Å². The van der Waals surface area contributed by atoms with Gasteiger partial charge in [0, 0.05) is 11.3 Å². The van der Waals surface area contributed by atoms with Crippen LogP contribution in [0.5, 0.6) is 5.75 Å². The Hall–Kier alpha value is -2.26. The lowest BCUT2D eigenvalue weighted by atomic mass is 10.1. The van der Waals surface area contributed by atoms with E-state index in [0.29, 0.717) is 22.5 Å². The van der Waals surface area contributed by atoms with E-state index in [9.17, 15) is 10.1 Å². The van der Waals surface area contributed by atoms with E-state index in [-0.39, 0.29) is 5.56 Å². The van der Waals surface area contributed by atoms with E-state index in [4.69, 9.17) is 4.74 Å². The van der Waals surface area contributed by atoms with Gasteiger partial charge in [0.1, 0.15) is 17.4 Å². The van der Waals surface area contributed by atoms with Crippen LogP contribution in [0.25, 0.3) is 11.3 Å². The van der Waals surface area contributed by atoms with Gasteiger partial charge in [-0.1, -0.05) is 25.6 Å². The Morgan fingerprint density at radius 1 is 1.35 bits per heavy atom. The summed E-state index contributed by atoms with van der Waals surface area (Å²) in [6, 6.07) is 9.10. The van der Waals surface area contributed by atoms with E-state index in [1.165, 1.54) is 11.8 Å². The lowest BCUT2D eigenvalue weighted by Crippen LogP contribution is -2.15. The lowest BCUT2D eigenvalue weighted by molar-refractivity contribution is 0.415. The zero-order valence-electron chi connectivity index (χ0n) is 13.4. The number of nitrogens with zero attached hydrogens (tertiary/aromatic N) is 2. The molecule has 120 valence electrons. The van der Waals surface area contributed by atoms with Gasteiger partial charge in [0.25, 0.3) is 5.56 Å². The van der Waals surface area contributed by atoms with E-state index in [1.54, 1.807) is 31.4 Å². The van der Waals surface area contributed by atoms with Gasteiger partial charge in [-0.2, -0.15) is 5.26 Å². The maximum Gasteiger partial charge on any atom is 0.270 e. The summed E-state index contributed by atoms with van der Waals surface area (Å²) in [5.74, 6) is 2.17. The molecule has 0 saturated carbocycles. The molecule has 1 aromatic heterocycles. The predicted octanol–water partition coefficient (Wildman–Crippen LogP) is 3.46. The molecular formula is C17H19N3O2S. The summed E-state index contributed by atoms with van der Waals surface area (Å²) in [5, 5.41) is 9.80. The number of hydrogen-bond acceptors (Lipinski definition) is 5. The highest BCUT2D eigenvalue weighted by molar-refractivity contribution is 7.99. The number of nitrogens with one attached hydrogen (secondary N) is 1. The third-order valence-electron chi connectivity index (χ3n) is 3.31. The molecule has 0 aliphatic rings. The zero-order valence-corrected chi connectivity index (χ0v) is 14.2. The fraction of sp³-hybridized carbons (Fsp3) is 0.353. The topological polar surface area (TPSA) is 78.8 Å². The molecule has 0 bridgehead atoms. The fourth-order valence-electron chi connectivity index (χ4n) is 1.97. The van der Waals surface area contributed by atoms with Crippen LogP contribution >= 0.6 is 11.8 Å². The van der Waals surface area contributed by atoms with Gasteiger partial charge in [-0.25, -0.2) is 4.98 Å². The number of nitriles is 1. The molecule has 2 rings (SSSR count). The summed E-state index contributed by atoms with van der Waals surface area (Å²) in [7, 11) is 1.59. The molecule has 23 heavy (non-hydrogen) atoms. The Morgan fingerprint density at radius 2 is 2.04 bits per heavy atom. The number of ether oxygens (including phenoxy) is 1. The van der Waals surface area contributed by atoms with Crippen molar-refractivity contribution in [3.05, 3.63) is 40.2 Å². The summed E-state index contributed by atoms with van der Waals surface area (Å²) in [4.78, 5) is 19.3. The third kappa shape index (κ3) is 4.36. The van der Waals surface area contributed by atoms with Crippen molar-refractivity contribution in [1.82, 2.24) is 9.97 Å². The summed E-state index contributed by atoms with van der Waals surface area (Å²) in [5.41, 5.74) is 0.758. The Bertz CT molecular complexity index is 761. The molecule has 0 saturated heterocycles. The van der Waals surface area contributed by atoms with Crippen LogP contribution in [0.2, 0.25) is 0 Å². The van der Waals surface area contributed by atoms with E-state index < -0.39 is 5.56 Å². The quantitative estimate of drug-likeness (QED) is 0.648. The molecule has 6 heteroatoms. The highest BCUT2D eigenvalue weighted by Crippen LogP contribution is 2.24. The number of methoxy groups -OCH3 is 1. The van der Waals surface area contributed by atoms with Crippen LogP contribution < -0.4 is 10.3 Å². The first-order valence-electron chi connectivity index (χ1n) is 7.36. The number of aromatic nitrogens is 2. The number of hydrogen-bond donors (Lipinski definition) is 1. The first-order chi connectivity index (χ1) is 11.0. The van der Waals surface area contributed by atoms with Crippen molar-refractivity contribution < 1.29 is 4.74 Å². The van der Waals surface area contributed by atoms with E-state index in [2.05, 4.69) is 23.8 Å². The Balaban J connectivity index is 2.37. The molecule has 0 aliphatic heterocycles. The number of H-pyrrole nitrogens is 1. The zero-order chi connectivity index (χ0) is 16.8. The smallest absolute Gasteiger partial charge is 0.270 e. The van der Waals surface area contributed by atoms with Gasteiger partial charge in [-0.3, -0.25) is 4.79 Å². The Kier molecular flexibility index (Phi) is 5.83. The molecular weight excluding hydrogens is 310 g/mol. The third-order valence-corrected chi connectivity index (χ3v) is 4.21. The van der Waals surface area contributed by atoms with Crippen LogP contribution in [0.15, 0.2) is 34.2 Å². The maximum atomic E-state index is 12.1. The van der Waals surface area contributed by atoms with Crippen LogP contribution in [0.3, 0.4) is 0 Å². The number of thioether (sulfide) groups is 1. The number of aromatic amines is 1. The Labute approximate surface area is 139 Å². The van der Waals surface area contributed by atoms with Crippen molar-refractivity contribution in [2.45, 2.75) is 25.4 Å². The molecule has 2 aromatic rings. The highest BCUT2D eigenvalue weighted by Gasteiger charge is 2.13. The fourth-order valence-corrected chi connectivity index (χ4v) is 3.08. The average Bonchev–Trinajstić information content (AvgIpc) is 2.54. The standard InChI is InChI=1S/C17H19N3O2S/c1-11(2)8-9-23-17-19-15(14(10-18)16(21)20-17)12-4-6-13(22-3)7-5-12/h4-7,11H,8-9H2,1-3H3,(H,19,20,21). The van der Waals surface area contributed by atoms with Gasteiger partial charge in [0.15, 0.2) is 5.16 Å². The average molecular weight is 329 g/mol. The van der Waals surface area contributed by atoms with Crippen LogP contribution in [0.4, 0.5) is 0 Å². The lowest BCUT2D eigenvalue weighted by Gasteiger charge is -2.08. The van der Waals surface area contributed by atoms with Gasteiger partial charge in [-0.05, 0) is 36.6 Å². The number of rotatable bonds is 6. The molecule has 1 N–H and O–H groups in total. The van der Waals surface area contributed by atoms with Crippen LogP contribution in [-0.2, 0) is 0 Å². The molecule has 0 amide bonds. The first-order valence-corrected chi connectivity index (χ1v) is 8.35. The SMILES string of the molecule is COc1ccc(-c2nc(SCCC(C)C)[nH]c(=O)c2C#N)cc1. The van der Waals surface area contributed by atoms with Crippen LogP contribution in [0, 0.1) is 17.2 Å². The molecule has 0 spiro atoms. The second-order valence-corrected chi connectivity index (χ2v) is 6.55. The second-order valence-electron chi connectivity index (χ2n) is 5.47. The summed E-state index contributed by atoms with van der Waals surface area (Å²) in [6.45, 7) is 4.30. The van der Waals surface area contributed by atoms with Gasteiger partial charge in [0.05, 0.1) is 12.8 Å². The highest BCUT2D eigenvalue weighted by atomic mass is 32.2. The molecule has 0 aliphatic carbocycles. The molecule has 1 aromatic carbocycles. The van der Waals surface area contributed by atoms with Crippen LogP contribution in [-0.4, -0.2) is 22.8 Å². The van der Waals surface area contributed by atoms with Crippen molar-refractivity contribution in [3.63, 3.8) is 0 Å². The number of benzene rings is 1. The molecule has 1 heterocycles. The summed E-state index contributed by atoms with van der Waals surface area (Å²) >= 11 is 1.50. The molecule has 0 fully saturated rings. The minimum absolute atomic E-state index is 0.0309. The van der Waals surface area contributed by atoms with Gasteiger partial charge >= 0.3 is 0 Å². The van der Waals surface area contributed by atoms with Crippen molar-refractivity contribution in [3.8, 4) is 23.1 Å². The monoisotopic (exact) mass is 329 g/mol. The molecule has 5 nitrogen and oxygen atoms in total. The summed E-state index contributed by atoms with van der Waals surface area (Å²) in [6.07, 6.45) is 1.03. The van der Waals surface area contributed by atoms with Crippen LogP contribution in [0.1, 0.15) is 25.8 Å². The predicted molar refractivity (Wildman–Crippen MR) is 91.7 cm³/mol. The molecule has 0 radical (unpaired) electrons. The van der Waals surface area contributed by atoms with Crippen molar-refractivity contribution >= 4 is 11.8 Å².